The quantitative estimate of drug-likeness (QED) is 0.158. The Balaban J connectivity index is 0.988. The summed E-state index contributed by atoms with van der Waals surface area (Å²) in [5.74, 6) is 0. The molecular formula is C56H45N. The molecule has 0 unspecified atom stereocenters. The van der Waals surface area contributed by atoms with Crippen molar-refractivity contribution in [1.29, 1.82) is 0 Å². The second kappa shape index (κ2) is 13.5. The Hall–Kier alpha value is -6.70. The van der Waals surface area contributed by atoms with Gasteiger partial charge in [0, 0.05) is 27.9 Å². The molecule has 8 aromatic rings. The van der Waals surface area contributed by atoms with Gasteiger partial charge in [0.1, 0.15) is 0 Å². The van der Waals surface area contributed by atoms with Gasteiger partial charge >= 0.3 is 0 Å². The average molecular weight is 732 g/mol. The monoisotopic (exact) mass is 731 g/mol. The fraction of sp³-hybridized carbons (Fsp3) is 0.107. The van der Waals surface area contributed by atoms with E-state index >= 15 is 0 Å². The zero-order chi connectivity index (χ0) is 38.7. The maximum Gasteiger partial charge on any atom is 0.0462 e. The first-order valence-electron chi connectivity index (χ1n) is 20.1. The number of anilines is 3. The van der Waals surface area contributed by atoms with Gasteiger partial charge in [-0.25, -0.2) is 0 Å². The van der Waals surface area contributed by atoms with Gasteiger partial charge in [-0.3, -0.25) is 0 Å². The van der Waals surface area contributed by atoms with E-state index in [1.165, 1.54) is 77.6 Å². The Morgan fingerprint density at radius 3 is 1.14 bits per heavy atom. The molecule has 0 aliphatic heterocycles. The number of hydrogen-bond acceptors (Lipinski definition) is 1. The van der Waals surface area contributed by atoms with Gasteiger partial charge in [0.2, 0.25) is 0 Å². The number of benzene rings is 8. The van der Waals surface area contributed by atoms with Crippen molar-refractivity contribution in [2.75, 3.05) is 4.90 Å². The maximum atomic E-state index is 2.42. The highest BCUT2D eigenvalue weighted by atomic mass is 15.1. The summed E-state index contributed by atoms with van der Waals surface area (Å²) in [4.78, 5) is 2.38. The van der Waals surface area contributed by atoms with Crippen LogP contribution in [0.5, 0.6) is 0 Å². The van der Waals surface area contributed by atoms with Crippen molar-refractivity contribution in [1.82, 2.24) is 0 Å². The minimum absolute atomic E-state index is 0.00136. The molecule has 2 aliphatic rings. The van der Waals surface area contributed by atoms with Gasteiger partial charge in [0.15, 0.2) is 0 Å². The Morgan fingerprint density at radius 1 is 0.316 bits per heavy atom. The SMILES string of the molecule is CC1(C)C=C(c2ccc(N(c3ccc(C4=CC(C)(C)c5ccccc54)cc3)c3ccc(-c4ccc(-c5ccc6ccccc6c5)cc4)cc3)cc2)c2ccccc21. The molecule has 0 fully saturated rings. The molecule has 2 aliphatic carbocycles. The largest absolute Gasteiger partial charge is 0.311 e. The van der Waals surface area contributed by atoms with Crippen LogP contribution < -0.4 is 4.90 Å². The Morgan fingerprint density at radius 2 is 0.667 bits per heavy atom. The fourth-order valence-electron chi connectivity index (χ4n) is 9.12. The molecule has 0 radical (unpaired) electrons. The van der Waals surface area contributed by atoms with Crippen molar-refractivity contribution in [3.63, 3.8) is 0 Å². The van der Waals surface area contributed by atoms with E-state index in [0.29, 0.717) is 0 Å². The van der Waals surface area contributed by atoms with Crippen LogP contribution >= 0.6 is 0 Å². The van der Waals surface area contributed by atoms with E-state index in [2.05, 4.69) is 233 Å². The molecule has 0 aromatic heterocycles. The predicted molar refractivity (Wildman–Crippen MR) is 243 cm³/mol. The zero-order valence-corrected chi connectivity index (χ0v) is 33.0. The number of hydrogen-bond donors (Lipinski definition) is 0. The summed E-state index contributed by atoms with van der Waals surface area (Å²) < 4.78 is 0. The summed E-state index contributed by atoms with van der Waals surface area (Å²) >= 11 is 0. The van der Waals surface area contributed by atoms with Gasteiger partial charge in [0.25, 0.3) is 0 Å². The topological polar surface area (TPSA) is 3.24 Å². The van der Waals surface area contributed by atoms with Crippen LogP contribution in [-0.2, 0) is 10.8 Å². The highest BCUT2D eigenvalue weighted by molar-refractivity contribution is 5.91. The van der Waals surface area contributed by atoms with Crippen LogP contribution in [0.4, 0.5) is 17.1 Å². The molecule has 274 valence electrons. The van der Waals surface area contributed by atoms with Gasteiger partial charge < -0.3 is 4.90 Å². The summed E-state index contributed by atoms with van der Waals surface area (Å²) in [6, 6.07) is 69.1. The molecule has 0 amide bonds. The highest BCUT2D eigenvalue weighted by Gasteiger charge is 2.31. The maximum absolute atomic E-state index is 2.42. The number of rotatable bonds is 7. The van der Waals surface area contributed by atoms with Crippen LogP contribution in [0.2, 0.25) is 0 Å². The summed E-state index contributed by atoms with van der Waals surface area (Å²) in [6.45, 7) is 9.23. The molecule has 57 heavy (non-hydrogen) atoms. The number of nitrogens with zero attached hydrogens (tertiary/aromatic N) is 1. The van der Waals surface area contributed by atoms with Gasteiger partial charge in [-0.15, -0.1) is 0 Å². The highest BCUT2D eigenvalue weighted by Crippen LogP contribution is 2.46. The van der Waals surface area contributed by atoms with Crippen molar-refractivity contribution >= 4 is 39.0 Å². The lowest BCUT2D eigenvalue weighted by atomic mass is 9.87. The van der Waals surface area contributed by atoms with Crippen molar-refractivity contribution in [2.45, 2.75) is 38.5 Å². The summed E-state index contributed by atoms with van der Waals surface area (Å²) in [6.07, 6.45) is 4.85. The van der Waals surface area contributed by atoms with E-state index in [-0.39, 0.29) is 10.8 Å². The van der Waals surface area contributed by atoms with E-state index in [1.807, 2.05) is 0 Å². The molecule has 10 rings (SSSR count). The summed E-state index contributed by atoms with van der Waals surface area (Å²) in [7, 11) is 0. The lowest BCUT2D eigenvalue weighted by Gasteiger charge is -2.26. The van der Waals surface area contributed by atoms with Gasteiger partial charge in [-0.2, -0.15) is 0 Å². The third-order valence-electron chi connectivity index (χ3n) is 12.1. The van der Waals surface area contributed by atoms with E-state index in [9.17, 15) is 0 Å². The molecule has 0 atom stereocenters. The van der Waals surface area contributed by atoms with Crippen molar-refractivity contribution < 1.29 is 0 Å². The molecule has 0 heterocycles. The summed E-state index contributed by atoms with van der Waals surface area (Å²) in [5.41, 5.74) is 18.7. The van der Waals surface area contributed by atoms with E-state index in [4.69, 9.17) is 0 Å². The van der Waals surface area contributed by atoms with Crippen molar-refractivity contribution in [3.8, 4) is 22.3 Å². The van der Waals surface area contributed by atoms with E-state index in [0.717, 1.165) is 17.1 Å². The molecule has 1 heteroatoms. The van der Waals surface area contributed by atoms with E-state index in [1.54, 1.807) is 0 Å². The molecule has 0 spiro atoms. The number of fused-ring (bicyclic) bond motifs is 3. The smallest absolute Gasteiger partial charge is 0.0462 e. The van der Waals surface area contributed by atoms with Crippen LogP contribution in [-0.4, -0.2) is 0 Å². The standard InChI is InChI=1S/C56H45N/c1-55(2)36-51(49-13-7-9-15-53(49)55)42-25-31-47(32-26-42)57(48-33-27-43(28-34-48)52-37-56(3,4)54-16-10-8-14-50(52)54)46-29-23-40(24-30-46)39-17-19-41(20-18-39)45-22-21-38-11-5-6-12-44(38)35-45/h5-37H,1-4H3. The van der Waals surface area contributed by atoms with Gasteiger partial charge in [0.05, 0.1) is 0 Å². The van der Waals surface area contributed by atoms with Crippen LogP contribution in [0.3, 0.4) is 0 Å². The lowest BCUT2D eigenvalue weighted by molar-refractivity contribution is 0.683. The summed E-state index contributed by atoms with van der Waals surface area (Å²) in [5, 5.41) is 2.53. The first-order valence-corrected chi connectivity index (χ1v) is 20.1. The number of allylic oxidation sites excluding steroid dienone is 2. The third kappa shape index (κ3) is 6.21. The first kappa shape index (κ1) is 34.8. The van der Waals surface area contributed by atoms with E-state index < -0.39 is 0 Å². The predicted octanol–water partition coefficient (Wildman–Crippen LogP) is 15.1. The van der Waals surface area contributed by atoms with Crippen LogP contribution in [0, 0.1) is 0 Å². The minimum atomic E-state index is 0.00136. The Bertz CT molecular complexity index is 2730. The molecule has 0 saturated carbocycles. The lowest BCUT2D eigenvalue weighted by Crippen LogP contribution is -2.10. The Labute approximate surface area is 336 Å². The van der Waals surface area contributed by atoms with Crippen LogP contribution in [0.25, 0.3) is 44.2 Å². The molecular weight excluding hydrogens is 687 g/mol. The average Bonchev–Trinajstić information content (AvgIpc) is 3.70. The second-order valence-corrected chi connectivity index (χ2v) is 16.8. The van der Waals surface area contributed by atoms with Crippen molar-refractivity contribution in [3.05, 3.63) is 234 Å². The van der Waals surface area contributed by atoms with Crippen LogP contribution in [0.15, 0.2) is 200 Å². The third-order valence-corrected chi connectivity index (χ3v) is 12.1. The molecule has 0 bridgehead atoms. The molecule has 0 saturated heterocycles. The second-order valence-electron chi connectivity index (χ2n) is 16.8. The molecule has 1 nitrogen and oxygen atoms in total. The minimum Gasteiger partial charge on any atom is -0.311 e. The normalized spacial score (nSPS) is 14.8. The first-order chi connectivity index (χ1) is 27.7. The van der Waals surface area contributed by atoms with Crippen molar-refractivity contribution in [2.24, 2.45) is 0 Å². The van der Waals surface area contributed by atoms with Crippen LogP contribution in [0.1, 0.15) is 61.1 Å². The fourth-order valence-corrected chi connectivity index (χ4v) is 9.12. The Kier molecular flexibility index (Phi) is 8.23. The molecule has 8 aromatic carbocycles. The zero-order valence-electron chi connectivity index (χ0n) is 33.0. The molecule has 0 N–H and O–H groups in total. The van der Waals surface area contributed by atoms with Gasteiger partial charge in [-0.05, 0) is 120 Å². The van der Waals surface area contributed by atoms with Gasteiger partial charge in [-0.1, -0.05) is 185 Å².